The Bertz CT molecular complexity index is 820. The van der Waals surface area contributed by atoms with Gasteiger partial charge >= 0.3 is 0 Å². The van der Waals surface area contributed by atoms with Crippen LogP contribution < -0.4 is 5.32 Å². The highest BCUT2D eigenvalue weighted by Crippen LogP contribution is 2.28. The van der Waals surface area contributed by atoms with Gasteiger partial charge in [0.15, 0.2) is 0 Å². The number of benzene rings is 1. The van der Waals surface area contributed by atoms with E-state index in [-0.39, 0.29) is 37.4 Å². The van der Waals surface area contributed by atoms with Crippen molar-refractivity contribution < 1.29 is 4.39 Å². The smallest absolute Gasteiger partial charge is 0.0966 e. The summed E-state index contributed by atoms with van der Waals surface area (Å²) >= 11 is 0. The highest BCUT2D eigenvalue weighted by atomic mass is 35.5. The van der Waals surface area contributed by atoms with Crippen molar-refractivity contribution in [1.29, 1.82) is 0 Å². The molecule has 0 radical (unpaired) electrons. The van der Waals surface area contributed by atoms with Crippen molar-refractivity contribution in [2.45, 2.75) is 25.3 Å². The van der Waals surface area contributed by atoms with Gasteiger partial charge in [-0.05, 0) is 41.3 Å². The minimum atomic E-state index is -0.365. The van der Waals surface area contributed by atoms with Crippen LogP contribution in [0.15, 0.2) is 42.7 Å². The summed E-state index contributed by atoms with van der Waals surface area (Å²) in [6, 6.07) is 10.3. The number of nitrogens with one attached hydrogen (secondary N) is 2. The highest BCUT2D eigenvalue weighted by Gasteiger charge is 2.17. The van der Waals surface area contributed by atoms with E-state index in [2.05, 4.69) is 33.5 Å². The minimum absolute atomic E-state index is 0. The fourth-order valence-corrected chi connectivity index (χ4v) is 3.48. The van der Waals surface area contributed by atoms with Gasteiger partial charge in [0.25, 0.3) is 0 Å². The van der Waals surface area contributed by atoms with E-state index in [1.807, 2.05) is 12.1 Å². The van der Waals surface area contributed by atoms with Crippen LogP contribution in [-0.2, 0) is 19.4 Å². The van der Waals surface area contributed by atoms with Gasteiger partial charge in [-0.2, -0.15) is 0 Å². The molecule has 25 heavy (non-hydrogen) atoms. The van der Waals surface area contributed by atoms with Crippen LogP contribution in [0, 0.1) is 0 Å². The Kier molecular flexibility index (Phi) is 6.82. The monoisotopic (exact) mass is 381 g/mol. The Morgan fingerprint density at radius 2 is 2.08 bits per heavy atom. The highest BCUT2D eigenvalue weighted by molar-refractivity contribution is 5.86. The molecule has 1 aliphatic heterocycles. The molecule has 3 nitrogen and oxygen atoms in total. The Balaban J connectivity index is 0.00000113. The van der Waals surface area contributed by atoms with Crippen molar-refractivity contribution in [2.24, 2.45) is 0 Å². The number of aromatic nitrogens is 2. The Morgan fingerprint density at radius 3 is 2.84 bits per heavy atom. The average Bonchev–Trinajstić information content (AvgIpc) is 2.98. The number of nitrogens with zero attached hydrogens (tertiary/aromatic N) is 1. The maximum absolute atomic E-state index is 13.5. The molecule has 1 unspecified atom stereocenters. The molecule has 0 spiro atoms. The number of alkyl halides is 1. The first-order valence-corrected chi connectivity index (χ1v) is 8.14. The molecule has 3 heterocycles. The average molecular weight is 382 g/mol. The van der Waals surface area contributed by atoms with Crippen LogP contribution in [0.1, 0.15) is 28.3 Å². The van der Waals surface area contributed by atoms with Crippen LogP contribution in [0.2, 0.25) is 0 Å². The standard InChI is InChI=1S/C19H20FN3.2ClH/c20-10-15(14-2-1-6-21-11-14)8-13-3-4-18-16(9-13)17-12-22-7-5-19(17)23-18;;/h1-4,6,9,11,15,22-23H,5,7-8,10,12H2;2*1H. The number of hydrogen-bond acceptors (Lipinski definition) is 2. The molecule has 0 amide bonds. The molecule has 0 fully saturated rings. The van der Waals surface area contributed by atoms with E-state index in [9.17, 15) is 4.39 Å². The SMILES string of the molecule is Cl.Cl.FCC(Cc1ccc2[nH]c3c(c2c1)CNCC3)c1cccnc1. The molecule has 4 rings (SSSR count). The van der Waals surface area contributed by atoms with E-state index in [4.69, 9.17) is 0 Å². The van der Waals surface area contributed by atoms with Crippen LogP contribution in [-0.4, -0.2) is 23.2 Å². The van der Waals surface area contributed by atoms with Gasteiger partial charge in [-0.1, -0.05) is 12.1 Å². The van der Waals surface area contributed by atoms with Crippen LogP contribution in [0.5, 0.6) is 0 Å². The van der Waals surface area contributed by atoms with Crippen LogP contribution in [0.25, 0.3) is 10.9 Å². The molecule has 0 saturated carbocycles. The van der Waals surface area contributed by atoms with Crippen molar-refractivity contribution in [2.75, 3.05) is 13.2 Å². The number of rotatable bonds is 4. The van der Waals surface area contributed by atoms with Crippen molar-refractivity contribution in [3.05, 3.63) is 65.1 Å². The van der Waals surface area contributed by atoms with Gasteiger partial charge in [0.05, 0.1) is 6.67 Å². The Hall–Kier alpha value is -1.62. The number of H-pyrrole nitrogens is 1. The third-order valence-electron chi connectivity index (χ3n) is 4.74. The number of pyridine rings is 1. The molecule has 134 valence electrons. The van der Waals surface area contributed by atoms with Gasteiger partial charge in [-0.3, -0.25) is 9.37 Å². The summed E-state index contributed by atoms with van der Waals surface area (Å²) in [5, 5.41) is 4.70. The molecule has 0 bridgehead atoms. The molecular weight excluding hydrogens is 360 g/mol. The Labute approximate surface area is 159 Å². The molecule has 1 aromatic carbocycles. The summed E-state index contributed by atoms with van der Waals surface area (Å²) < 4.78 is 13.5. The third kappa shape index (κ3) is 3.97. The van der Waals surface area contributed by atoms with E-state index in [0.717, 1.165) is 25.1 Å². The summed E-state index contributed by atoms with van der Waals surface area (Å²) in [6.07, 6.45) is 5.24. The Morgan fingerprint density at radius 1 is 1.20 bits per heavy atom. The number of halogens is 3. The van der Waals surface area contributed by atoms with Crippen LogP contribution >= 0.6 is 24.8 Å². The topological polar surface area (TPSA) is 40.7 Å². The lowest BCUT2D eigenvalue weighted by Gasteiger charge is -2.14. The van der Waals surface area contributed by atoms with Gasteiger partial charge in [0.1, 0.15) is 0 Å². The van der Waals surface area contributed by atoms with Crippen molar-refractivity contribution in [1.82, 2.24) is 15.3 Å². The summed E-state index contributed by atoms with van der Waals surface area (Å²) in [6.45, 7) is 1.57. The second kappa shape index (κ2) is 8.65. The van der Waals surface area contributed by atoms with Gasteiger partial charge < -0.3 is 10.3 Å². The zero-order valence-electron chi connectivity index (χ0n) is 13.8. The molecule has 1 aliphatic rings. The van der Waals surface area contributed by atoms with Crippen LogP contribution in [0.4, 0.5) is 4.39 Å². The zero-order valence-corrected chi connectivity index (χ0v) is 15.4. The first kappa shape index (κ1) is 19.7. The third-order valence-corrected chi connectivity index (χ3v) is 4.74. The van der Waals surface area contributed by atoms with E-state index in [0.29, 0.717) is 6.42 Å². The number of hydrogen-bond donors (Lipinski definition) is 2. The lowest BCUT2D eigenvalue weighted by molar-refractivity contribution is 0.428. The van der Waals surface area contributed by atoms with Gasteiger partial charge in [-0.15, -0.1) is 24.8 Å². The summed E-state index contributed by atoms with van der Waals surface area (Å²) in [7, 11) is 0. The first-order valence-electron chi connectivity index (χ1n) is 8.14. The lowest BCUT2D eigenvalue weighted by atomic mass is 9.93. The van der Waals surface area contributed by atoms with Gasteiger partial charge in [0, 0.05) is 54.4 Å². The predicted octanol–water partition coefficient (Wildman–Crippen LogP) is 4.35. The second-order valence-corrected chi connectivity index (χ2v) is 6.23. The number of fused-ring (bicyclic) bond motifs is 3. The maximum atomic E-state index is 13.5. The van der Waals surface area contributed by atoms with Crippen molar-refractivity contribution in [3.63, 3.8) is 0 Å². The lowest BCUT2D eigenvalue weighted by Crippen LogP contribution is -2.22. The van der Waals surface area contributed by atoms with Crippen molar-refractivity contribution >= 4 is 35.7 Å². The molecule has 2 N–H and O–H groups in total. The molecule has 1 atom stereocenters. The minimum Gasteiger partial charge on any atom is -0.358 e. The first-order chi connectivity index (χ1) is 11.3. The molecule has 3 aromatic rings. The van der Waals surface area contributed by atoms with E-state index < -0.39 is 0 Å². The second-order valence-electron chi connectivity index (χ2n) is 6.23. The summed E-state index contributed by atoms with van der Waals surface area (Å²) in [4.78, 5) is 7.63. The summed E-state index contributed by atoms with van der Waals surface area (Å²) in [5.41, 5.74) is 6.03. The molecule has 0 saturated heterocycles. The summed E-state index contributed by atoms with van der Waals surface area (Å²) in [5.74, 6) is -0.131. The van der Waals surface area contributed by atoms with E-state index in [1.54, 1.807) is 12.4 Å². The number of aromatic amines is 1. The molecule has 6 heteroatoms. The van der Waals surface area contributed by atoms with Crippen LogP contribution in [0.3, 0.4) is 0 Å². The van der Waals surface area contributed by atoms with Gasteiger partial charge in [-0.25, -0.2) is 0 Å². The maximum Gasteiger partial charge on any atom is 0.0966 e. The predicted molar refractivity (Wildman–Crippen MR) is 105 cm³/mol. The van der Waals surface area contributed by atoms with Gasteiger partial charge in [0.2, 0.25) is 0 Å². The fraction of sp³-hybridized carbons (Fsp3) is 0.316. The van der Waals surface area contributed by atoms with E-state index >= 15 is 0 Å². The molecular formula is C19H22Cl2FN3. The molecule has 0 aliphatic carbocycles. The normalized spacial score (nSPS) is 14.3. The zero-order chi connectivity index (χ0) is 15.6. The molecule has 2 aromatic heterocycles. The largest absolute Gasteiger partial charge is 0.358 e. The van der Waals surface area contributed by atoms with E-state index in [1.165, 1.54) is 27.7 Å². The van der Waals surface area contributed by atoms with Crippen molar-refractivity contribution in [3.8, 4) is 0 Å². The quantitative estimate of drug-likeness (QED) is 0.705. The fourth-order valence-electron chi connectivity index (χ4n) is 3.48.